The van der Waals surface area contributed by atoms with Crippen LogP contribution in [0, 0.1) is 0 Å². The molecule has 2 atom stereocenters. The smallest absolute Gasteiger partial charge is 0.341 e. The van der Waals surface area contributed by atoms with E-state index >= 15 is 0 Å². The summed E-state index contributed by atoms with van der Waals surface area (Å²) in [4.78, 5) is 15.3. The molecule has 10 heavy (non-hydrogen) atoms. The molecule has 1 rings (SSSR count). The van der Waals surface area contributed by atoms with Crippen molar-refractivity contribution in [2.45, 2.75) is 25.7 Å². The number of nitrogens with zero attached hydrogens (tertiary/aromatic N) is 1. The van der Waals surface area contributed by atoms with E-state index in [4.69, 9.17) is 15.7 Å². The first-order valence-corrected chi connectivity index (χ1v) is 3.04. The predicted molar refractivity (Wildman–Crippen MR) is 32.6 cm³/mol. The zero-order valence-electron chi connectivity index (χ0n) is 5.65. The Hall–Kier alpha value is -0.810. The minimum atomic E-state index is -0.882. The molecule has 1 heterocycles. The summed E-state index contributed by atoms with van der Waals surface area (Å²) >= 11 is 0. The highest BCUT2D eigenvalue weighted by Gasteiger charge is 2.31. The van der Waals surface area contributed by atoms with E-state index in [2.05, 4.69) is 0 Å². The first kappa shape index (κ1) is 7.30. The van der Waals surface area contributed by atoms with Crippen molar-refractivity contribution in [2.24, 2.45) is 5.73 Å². The van der Waals surface area contributed by atoms with Crippen molar-refractivity contribution in [1.29, 1.82) is 0 Å². The SMILES string of the molecule is C[C@@H]1C[C@@H](O)N(C(N)=O)O1. The molecule has 1 fully saturated rings. The molecule has 2 amide bonds. The van der Waals surface area contributed by atoms with Gasteiger partial charge in [-0.05, 0) is 6.92 Å². The Bertz CT molecular complexity index is 150. The van der Waals surface area contributed by atoms with E-state index in [1.165, 1.54) is 0 Å². The molecule has 0 unspecified atom stereocenters. The fourth-order valence-electron chi connectivity index (χ4n) is 0.899. The van der Waals surface area contributed by atoms with Crippen LogP contribution in [0.4, 0.5) is 4.79 Å². The first-order chi connectivity index (χ1) is 4.61. The van der Waals surface area contributed by atoms with Crippen LogP contribution < -0.4 is 5.73 Å². The Kier molecular flexibility index (Phi) is 1.78. The molecule has 0 radical (unpaired) electrons. The van der Waals surface area contributed by atoms with Crippen LogP contribution in [-0.2, 0) is 4.84 Å². The molecular formula is C5H10N2O3. The number of carbonyl (C=O) groups excluding carboxylic acids is 1. The predicted octanol–water partition coefficient (Wildman–Crippen LogP) is -0.591. The third-order valence-corrected chi connectivity index (χ3v) is 1.32. The summed E-state index contributed by atoms with van der Waals surface area (Å²) in [6.07, 6.45) is -0.599. The number of aliphatic hydroxyl groups excluding tert-OH is 1. The number of hydroxylamine groups is 2. The van der Waals surface area contributed by atoms with E-state index in [1.807, 2.05) is 0 Å². The van der Waals surface area contributed by atoms with Gasteiger partial charge >= 0.3 is 6.03 Å². The summed E-state index contributed by atoms with van der Waals surface area (Å²) in [6, 6.07) is -0.753. The van der Waals surface area contributed by atoms with E-state index in [9.17, 15) is 4.79 Å². The van der Waals surface area contributed by atoms with Gasteiger partial charge in [-0.25, -0.2) is 4.79 Å². The molecule has 0 aromatic carbocycles. The lowest BCUT2D eigenvalue weighted by Gasteiger charge is -2.14. The number of hydrogen-bond donors (Lipinski definition) is 2. The highest BCUT2D eigenvalue weighted by molar-refractivity contribution is 5.71. The zero-order chi connectivity index (χ0) is 7.72. The Morgan fingerprint density at radius 3 is 2.70 bits per heavy atom. The molecule has 0 spiro atoms. The number of hydrogen-bond acceptors (Lipinski definition) is 3. The number of nitrogens with two attached hydrogens (primary N) is 1. The molecule has 5 nitrogen and oxygen atoms in total. The summed E-state index contributed by atoms with van der Waals surface area (Å²) in [5.74, 6) is 0. The van der Waals surface area contributed by atoms with Crippen molar-refractivity contribution in [2.75, 3.05) is 0 Å². The van der Waals surface area contributed by atoms with E-state index in [-0.39, 0.29) is 6.10 Å². The fourth-order valence-corrected chi connectivity index (χ4v) is 0.899. The normalized spacial score (nSPS) is 32.8. The van der Waals surface area contributed by atoms with Crippen molar-refractivity contribution in [3.63, 3.8) is 0 Å². The van der Waals surface area contributed by atoms with Crippen LogP contribution in [0.1, 0.15) is 13.3 Å². The lowest BCUT2D eigenvalue weighted by molar-refractivity contribution is -0.153. The van der Waals surface area contributed by atoms with Crippen LogP contribution >= 0.6 is 0 Å². The minimum absolute atomic E-state index is 0.137. The Balaban J connectivity index is 2.54. The topological polar surface area (TPSA) is 75.8 Å². The third kappa shape index (κ3) is 1.19. The fraction of sp³-hybridized carbons (Fsp3) is 0.800. The van der Waals surface area contributed by atoms with Crippen molar-refractivity contribution < 1.29 is 14.7 Å². The van der Waals surface area contributed by atoms with Gasteiger partial charge in [0, 0.05) is 6.42 Å². The molecule has 0 aromatic rings. The number of primary amides is 1. The summed E-state index contributed by atoms with van der Waals surface area (Å²) in [5.41, 5.74) is 4.85. The number of urea groups is 1. The van der Waals surface area contributed by atoms with E-state index in [1.54, 1.807) is 6.92 Å². The van der Waals surface area contributed by atoms with Gasteiger partial charge in [-0.3, -0.25) is 4.84 Å². The third-order valence-electron chi connectivity index (χ3n) is 1.32. The van der Waals surface area contributed by atoms with Crippen LogP contribution in [-0.4, -0.2) is 28.5 Å². The second-order valence-corrected chi connectivity index (χ2v) is 2.30. The molecule has 1 aliphatic rings. The Labute approximate surface area is 58.3 Å². The zero-order valence-corrected chi connectivity index (χ0v) is 5.65. The van der Waals surface area contributed by atoms with Crippen LogP contribution in [0.25, 0.3) is 0 Å². The van der Waals surface area contributed by atoms with Gasteiger partial charge in [0.15, 0.2) is 6.23 Å². The second-order valence-electron chi connectivity index (χ2n) is 2.30. The van der Waals surface area contributed by atoms with E-state index in [0.29, 0.717) is 6.42 Å². The maximum Gasteiger partial charge on any atom is 0.341 e. The standard InChI is InChI=1S/C5H10N2O3/c1-3-2-4(8)7(10-3)5(6)9/h3-4,8H,2H2,1H3,(H2,6,9)/t3-,4-/m1/s1. The molecule has 3 N–H and O–H groups in total. The molecule has 1 aliphatic heterocycles. The van der Waals surface area contributed by atoms with Crippen molar-refractivity contribution in [3.05, 3.63) is 0 Å². The van der Waals surface area contributed by atoms with Gasteiger partial charge in [0.25, 0.3) is 0 Å². The van der Waals surface area contributed by atoms with Gasteiger partial charge in [-0.1, -0.05) is 0 Å². The summed E-state index contributed by atoms with van der Waals surface area (Å²) in [5, 5.41) is 9.81. The molecule has 0 aromatic heterocycles. The molecule has 5 heteroatoms. The van der Waals surface area contributed by atoms with Gasteiger partial charge in [0.2, 0.25) is 0 Å². The summed E-state index contributed by atoms with van der Waals surface area (Å²) in [7, 11) is 0. The van der Waals surface area contributed by atoms with Crippen molar-refractivity contribution >= 4 is 6.03 Å². The van der Waals surface area contributed by atoms with Crippen LogP contribution in [0.2, 0.25) is 0 Å². The van der Waals surface area contributed by atoms with Gasteiger partial charge in [0.05, 0.1) is 6.10 Å². The number of aliphatic hydroxyl groups is 1. The lowest BCUT2D eigenvalue weighted by Crippen LogP contribution is -2.38. The Morgan fingerprint density at radius 2 is 2.50 bits per heavy atom. The van der Waals surface area contributed by atoms with Crippen LogP contribution in [0.5, 0.6) is 0 Å². The second kappa shape index (κ2) is 2.43. The monoisotopic (exact) mass is 146 g/mol. The molecule has 0 bridgehead atoms. The minimum Gasteiger partial charge on any atom is -0.371 e. The highest BCUT2D eigenvalue weighted by atomic mass is 16.7. The highest BCUT2D eigenvalue weighted by Crippen LogP contribution is 2.17. The van der Waals surface area contributed by atoms with Crippen molar-refractivity contribution in [3.8, 4) is 0 Å². The van der Waals surface area contributed by atoms with Crippen LogP contribution in [0.15, 0.2) is 0 Å². The quantitative estimate of drug-likeness (QED) is 0.479. The average Bonchev–Trinajstić information content (AvgIpc) is 2.10. The van der Waals surface area contributed by atoms with Gasteiger partial charge < -0.3 is 10.8 Å². The van der Waals surface area contributed by atoms with Gasteiger partial charge in [0.1, 0.15) is 0 Å². The lowest BCUT2D eigenvalue weighted by atomic mass is 10.3. The molecule has 58 valence electrons. The molecule has 0 saturated carbocycles. The Morgan fingerprint density at radius 1 is 1.90 bits per heavy atom. The van der Waals surface area contributed by atoms with Crippen molar-refractivity contribution in [1.82, 2.24) is 5.06 Å². The average molecular weight is 146 g/mol. The van der Waals surface area contributed by atoms with E-state index in [0.717, 1.165) is 5.06 Å². The van der Waals surface area contributed by atoms with Gasteiger partial charge in [-0.15, -0.1) is 0 Å². The van der Waals surface area contributed by atoms with E-state index < -0.39 is 12.3 Å². The molecular weight excluding hydrogens is 136 g/mol. The first-order valence-electron chi connectivity index (χ1n) is 3.04. The van der Waals surface area contributed by atoms with Gasteiger partial charge in [-0.2, -0.15) is 5.06 Å². The number of carbonyl (C=O) groups is 1. The van der Waals surface area contributed by atoms with Crippen LogP contribution in [0.3, 0.4) is 0 Å². The summed E-state index contributed by atoms with van der Waals surface area (Å²) in [6.45, 7) is 1.76. The number of rotatable bonds is 0. The maximum absolute atomic E-state index is 10.4. The molecule has 0 aliphatic carbocycles. The number of amides is 2. The summed E-state index contributed by atoms with van der Waals surface area (Å²) < 4.78 is 0. The largest absolute Gasteiger partial charge is 0.371 e. The maximum atomic E-state index is 10.4. The molecule has 1 saturated heterocycles.